The van der Waals surface area contributed by atoms with E-state index >= 15 is 0 Å². The summed E-state index contributed by atoms with van der Waals surface area (Å²) < 4.78 is 2.11. The van der Waals surface area contributed by atoms with E-state index in [9.17, 15) is 0 Å². The van der Waals surface area contributed by atoms with Crippen LogP contribution in [0.15, 0.2) is 65.7 Å². The predicted molar refractivity (Wildman–Crippen MR) is 74.0 cm³/mol. The van der Waals surface area contributed by atoms with Gasteiger partial charge in [0.15, 0.2) is 0 Å². The maximum Gasteiger partial charge on any atom is 0.0823 e. The average Bonchev–Trinajstić information content (AvgIpc) is 2.75. The Balaban J connectivity index is 2.07. The van der Waals surface area contributed by atoms with E-state index in [0.717, 1.165) is 11.2 Å². The summed E-state index contributed by atoms with van der Waals surface area (Å²) in [4.78, 5) is 1.20. The summed E-state index contributed by atoms with van der Waals surface area (Å²) in [6.07, 6.45) is 2.05. The van der Waals surface area contributed by atoms with Gasteiger partial charge in [-0.25, -0.2) is 0 Å². The first-order chi connectivity index (χ1) is 8.34. The molecule has 0 amide bonds. The van der Waals surface area contributed by atoms with Crippen molar-refractivity contribution in [2.75, 3.05) is 5.73 Å². The van der Waals surface area contributed by atoms with Gasteiger partial charge in [-0.15, -0.1) is 0 Å². The van der Waals surface area contributed by atoms with Crippen molar-refractivity contribution < 1.29 is 0 Å². The molecule has 0 bridgehead atoms. The largest absolute Gasteiger partial charge is 0.397 e. The van der Waals surface area contributed by atoms with Crippen LogP contribution in [0.3, 0.4) is 0 Å². The minimum absolute atomic E-state index is 0.816. The molecule has 0 saturated heterocycles. The average molecular weight is 240 g/mol. The molecule has 0 saturated carbocycles. The zero-order valence-electron chi connectivity index (χ0n) is 9.21. The second-order valence-corrected chi connectivity index (χ2v) is 4.88. The topological polar surface area (TPSA) is 30.9 Å². The van der Waals surface area contributed by atoms with Crippen LogP contribution in [0.4, 0.5) is 5.69 Å². The first-order valence-corrected chi connectivity index (χ1v) is 6.21. The number of anilines is 1. The van der Waals surface area contributed by atoms with Crippen molar-refractivity contribution >= 4 is 28.5 Å². The maximum atomic E-state index is 6.02. The molecule has 1 aromatic heterocycles. The van der Waals surface area contributed by atoms with Crippen LogP contribution in [0.25, 0.3) is 10.9 Å². The Hall–Kier alpha value is -1.87. The molecule has 0 aliphatic rings. The molecule has 0 spiro atoms. The molecule has 0 aliphatic heterocycles. The number of rotatable bonds is 2. The highest BCUT2D eigenvalue weighted by Gasteiger charge is 2.05. The summed E-state index contributed by atoms with van der Waals surface area (Å²) in [7, 11) is 0. The smallest absolute Gasteiger partial charge is 0.0823 e. The zero-order chi connectivity index (χ0) is 11.7. The van der Waals surface area contributed by atoms with Gasteiger partial charge in [-0.05, 0) is 36.2 Å². The Labute approximate surface area is 104 Å². The molecular formula is C14H12N2S. The van der Waals surface area contributed by atoms with Gasteiger partial charge in [0.05, 0.1) is 11.2 Å². The molecule has 2 aromatic carbocycles. The van der Waals surface area contributed by atoms with Gasteiger partial charge in [-0.2, -0.15) is 0 Å². The minimum atomic E-state index is 0.816. The van der Waals surface area contributed by atoms with Crippen LogP contribution in [0.2, 0.25) is 0 Å². The quantitative estimate of drug-likeness (QED) is 0.691. The Morgan fingerprint density at radius 1 is 0.882 bits per heavy atom. The van der Waals surface area contributed by atoms with Crippen LogP contribution in [-0.4, -0.2) is 3.97 Å². The normalized spacial score (nSPS) is 10.8. The van der Waals surface area contributed by atoms with Crippen LogP contribution in [-0.2, 0) is 0 Å². The molecule has 0 aliphatic carbocycles. The molecule has 17 heavy (non-hydrogen) atoms. The third kappa shape index (κ3) is 1.89. The Morgan fingerprint density at radius 3 is 2.53 bits per heavy atom. The summed E-state index contributed by atoms with van der Waals surface area (Å²) in [5, 5.41) is 1.17. The molecule has 3 aromatic rings. The van der Waals surface area contributed by atoms with Crippen molar-refractivity contribution in [1.82, 2.24) is 3.97 Å². The molecule has 84 valence electrons. The number of nitrogen functional groups attached to an aromatic ring is 1. The molecule has 3 rings (SSSR count). The number of aromatic nitrogens is 1. The molecule has 3 heteroatoms. The number of hydrogen-bond donors (Lipinski definition) is 1. The van der Waals surface area contributed by atoms with Crippen molar-refractivity contribution in [3.05, 3.63) is 60.8 Å². The third-order valence-corrected chi connectivity index (χ3v) is 3.64. The van der Waals surface area contributed by atoms with Crippen LogP contribution in [0.5, 0.6) is 0 Å². The lowest BCUT2D eigenvalue weighted by atomic mass is 10.2. The van der Waals surface area contributed by atoms with Crippen molar-refractivity contribution in [3.8, 4) is 0 Å². The number of para-hydroxylation sites is 1. The predicted octanol–water partition coefficient (Wildman–Crippen LogP) is 3.78. The van der Waals surface area contributed by atoms with Gasteiger partial charge >= 0.3 is 0 Å². The van der Waals surface area contributed by atoms with Crippen LogP contribution in [0, 0.1) is 0 Å². The second-order valence-electron chi connectivity index (χ2n) is 3.83. The van der Waals surface area contributed by atoms with Gasteiger partial charge in [0.25, 0.3) is 0 Å². The molecule has 2 N–H and O–H groups in total. The van der Waals surface area contributed by atoms with Gasteiger partial charge in [0.2, 0.25) is 0 Å². The molecule has 1 heterocycles. The highest BCUT2D eigenvalue weighted by atomic mass is 32.2. The number of nitrogens with two attached hydrogens (primary N) is 1. The first kappa shape index (κ1) is 10.3. The SMILES string of the molecule is Nc1cccc2ccn(Sc3ccccc3)c12. The highest BCUT2D eigenvalue weighted by molar-refractivity contribution is 7.98. The summed E-state index contributed by atoms with van der Waals surface area (Å²) in [5.74, 6) is 0. The maximum absolute atomic E-state index is 6.02. The third-order valence-electron chi connectivity index (χ3n) is 2.66. The minimum Gasteiger partial charge on any atom is -0.397 e. The van der Waals surface area contributed by atoms with Gasteiger partial charge in [-0.1, -0.05) is 30.3 Å². The van der Waals surface area contributed by atoms with Gasteiger partial charge in [0, 0.05) is 16.5 Å². The summed E-state index contributed by atoms with van der Waals surface area (Å²) in [5.41, 5.74) is 7.92. The first-order valence-electron chi connectivity index (χ1n) is 5.43. The zero-order valence-corrected chi connectivity index (χ0v) is 10.0. The Morgan fingerprint density at radius 2 is 1.71 bits per heavy atom. The van der Waals surface area contributed by atoms with Crippen molar-refractivity contribution in [2.45, 2.75) is 4.90 Å². The fourth-order valence-corrected chi connectivity index (χ4v) is 2.79. The van der Waals surface area contributed by atoms with E-state index in [2.05, 4.69) is 34.4 Å². The lowest BCUT2D eigenvalue weighted by Gasteiger charge is -2.06. The van der Waals surface area contributed by atoms with Crippen molar-refractivity contribution in [3.63, 3.8) is 0 Å². The summed E-state index contributed by atoms with van der Waals surface area (Å²) in [6, 6.07) is 18.4. The fourth-order valence-electron chi connectivity index (χ4n) is 1.86. The standard InChI is InChI=1S/C14H12N2S/c15-13-8-4-5-11-9-10-16(14(11)13)17-12-6-2-1-3-7-12/h1-10H,15H2. The molecule has 2 nitrogen and oxygen atoms in total. The number of fused-ring (bicyclic) bond motifs is 1. The van der Waals surface area contributed by atoms with Crippen molar-refractivity contribution in [1.29, 1.82) is 0 Å². The van der Waals surface area contributed by atoms with Crippen molar-refractivity contribution in [2.24, 2.45) is 0 Å². The highest BCUT2D eigenvalue weighted by Crippen LogP contribution is 2.29. The van der Waals surface area contributed by atoms with Crippen LogP contribution in [0.1, 0.15) is 0 Å². The lowest BCUT2D eigenvalue weighted by Crippen LogP contribution is -1.91. The molecule has 0 fully saturated rings. The number of benzene rings is 2. The lowest BCUT2D eigenvalue weighted by molar-refractivity contribution is 1.32. The summed E-state index contributed by atoms with van der Waals surface area (Å²) >= 11 is 1.67. The van der Waals surface area contributed by atoms with E-state index in [1.165, 1.54) is 10.3 Å². The number of nitrogens with zero attached hydrogens (tertiary/aromatic N) is 1. The van der Waals surface area contributed by atoms with Crippen LogP contribution < -0.4 is 5.73 Å². The van der Waals surface area contributed by atoms with Gasteiger partial charge < -0.3 is 5.73 Å². The van der Waals surface area contributed by atoms with Crippen LogP contribution >= 0.6 is 11.9 Å². The van der Waals surface area contributed by atoms with E-state index in [4.69, 9.17) is 5.73 Å². The molecule has 0 radical (unpaired) electrons. The molecular weight excluding hydrogens is 228 g/mol. The molecule has 0 unspecified atom stereocenters. The second kappa shape index (κ2) is 4.18. The Kier molecular flexibility index (Phi) is 2.53. The fraction of sp³-hybridized carbons (Fsp3) is 0. The van der Waals surface area contributed by atoms with E-state index in [1.807, 2.05) is 30.3 Å². The Bertz CT molecular complexity index is 644. The summed E-state index contributed by atoms with van der Waals surface area (Å²) in [6.45, 7) is 0. The van der Waals surface area contributed by atoms with E-state index in [-0.39, 0.29) is 0 Å². The van der Waals surface area contributed by atoms with Gasteiger partial charge in [-0.3, -0.25) is 3.97 Å². The van der Waals surface area contributed by atoms with E-state index < -0.39 is 0 Å². The number of hydrogen-bond acceptors (Lipinski definition) is 2. The van der Waals surface area contributed by atoms with E-state index in [0.29, 0.717) is 0 Å². The monoisotopic (exact) mass is 240 g/mol. The molecule has 0 atom stereocenters. The van der Waals surface area contributed by atoms with E-state index in [1.54, 1.807) is 11.9 Å². The van der Waals surface area contributed by atoms with Gasteiger partial charge in [0.1, 0.15) is 0 Å².